The van der Waals surface area contributed by atoms with Crippen molar-refractivity contribution in [3.63, 3.8) is 0 Å². The average molecular weight is 442 g/mol. The van der Waals surface area contributed by atoms with Crippen molar-refractivity contribution in [1.82, 2.24) is 19.9 Å². The van der Waals surface area contributed by atoms with Gasteiger partial charge in [-0.1, -0.05) is 18.2 Å². The third kappa shape index (κ3) is 5.85. The Balaban J connectivity index is 1.57. The largest absolute Gasteiger partial charge is 0.368 e. The highest BCUT2D eigenvalue weighted by atomic mass is 16.7. The van der Waals surface area contributed by atoms with Crippen LogP contribution in [0.1, 0.15) is 28.8 Å². The third-order valence-corrected chi connectivity index (χ3v) is 5.58. The van der Waals surface area contributed by atoms with Crippen LogP contribution in [0, 0.1) is 26.2 Å². The summed E-state index contributed by atoms with van der Waals surface area (Å²) in [5, 5.41) is 14.6. The molecule has 1 amide bonds. The summed E-state index contributed by atoms with van der Waals surface area (Å²) >= 11 is 0. The Morgan fingerprint density at radius 3 is 2.75 bits per heavy atom. The van der Waals surface area contributed by atoms with Gasteiger partial charge in [0.15, 0.2) is 5.82 Å². The third-order valence-electron chi connectivity index (χ3n) is 5.58. The number of benzene rings is 1. The van der Waals surface area contributed by atoms with Gasteiger partial charge in [0.05, 0.1) is 19.2 Å². The molecule has 1 aliphatic rings. The van der Waals surface area contributed by atoms with Crippen molar-refractivity contribution >= 4 is 17.7 Å². The van der Waals surface area contributed by atoms with E-state index in [1.165, 1.54) is 26.3 Å². The molecule has 0 saturated carbocycles. The van der Waals surface area contributed by atoms with E-state index in [2.05, 4.69) is 47.7 Å². The molecule has 1 aromatic heterocycles. The number of nitrogens with one attached hydrogen (secondary N) is 3. The van der Waals surface area contributed by atoms with Crippen LogP contribution in [0.15, 0.2) is 29.2 Å². The van der Waals surface area contributed by atoms with Crippen molar-refractivity contribution in [2.24, 2.45) is 5.73 Å². The van der Waals surface area contributed by atoms with Gasteiger partial charge in [-0.05, 0) is 50.3 Å². The summed E-state index contributed by atoms with van der Waals surface area (Å²) in [5.74, 6) is -0.219. The Morgan fingerprint density at radius 2 is 2.09 bits per heavy atom. The number of hydrogen-bond donors (Lipinski definition) is 4. The number of amides is 1. The Bertz CT molecular complexity index is 1040. The van der Waals surface area contributed by atoms with Gasteiger partial charge < -0.3 is 16.4 Å². The van der Waals surface area contributed by atoms with Crippen LogP contribution in [0.4, 0.5) is 5.82 Å². The van der Waals surface area contributed by atoms with Gasteiger partial charge in [-0.3, -0.25) is 24.4 Å². The molecule has 2 aromatic rings. The molecule has 3 rings (SSSR count). The maximum Gasteiger partial charge on any atom is 0.293 e. The Hall–Kier alpha value is -3.40. The van der Waals surface area contributed by atoms with E-state index in [1.807, 2.05) is 0 Å². The van der Waals surface area contributed by atoms with E-state index in [0.29, 0.717) is 25.2 Å². The summed E-state index contributed by atoms with van der Waals surface area (Å²) in [7, 11) is 0. The predicted molar refractivity (Wildman–Crippen MR) is 122 cm³/mol. The lowest BCUT2D eigenvalue weighted by atomic mass is 10.0. The smallest absolute Gasteiger partial charge is 0.293 e. The van der Waals surface area contributed by atoms with Crippen LogP contribution >= 0.6 is 0 Å². The second-order valence-electron chi connectivity index (χ2n) is 8.07. The van der Waals surface area contributed by atoms with Crippen LogP contribution < -0.4 is 21.9 Å². The SMILES string of the molecule is Cc1ccc(CCNc2ncc(C)n(CC(=O)NC3CCN(C(=N)N)OC3)c2=O)cc1C. The molecule has 5 N–H and O–H groups in total. The van der Waals surface area contributed by atoms with Gasteiger partial charge in [0.2, 0.25) is 11.9 Å². The standard InChI is InChI=1S/C22H31N7O3/c1-14-4-5-17(10-15(14)2)6-8-25-20-21(31)28(16(3)11-26-20)12-19(30)27-18-7-9-29(22(23)24)32-13-18/h4-5,10-11,18H,6-9,12-13H2,1-3H3,(H3,23,24)(H,25,26)(H,27,30). The van der Waals surface area contributed by atoms with E-state index < -0.39 is 0 Å². The first kappa shape index (κ1) is 23.3. The maximum absolute atomic E-state index is 12.9. The Labute approximate surface area is 187 Å². The minimum atomic E-state index is -0.331. The molecule has 1 saturated heterocycles. The Kier molecular flexibility index (Phi) is 7.47. The minimum Gasteiger partial charge on any atom is -0.368 e. The molecule has 1 fully saturated rings. The van der Waals surface area contributed by atoms with Gasteiger partial charge in [-0.25, -0.2) is 10.0 Å². The van der Waals surface area contributed by atoms with E-state index in [1.54, 1.807) is 13.1 Å². The lowest BCUT2D eigenvalue weighted by molar-refractivity contribution is -0.143. The summed E-state index contributed by atoms with van der Waals surface area (Å²) in [5.41, 5.74) is 9.34. The minimum absolute atomic E-state index is 0.105. The zero-order valence-corrected chi connectivity index (χ0v) is 18.8. The van der Waals surface area contributed by atoms with Crippen molar-refractivity contribution < 1.29 is 9.63 Å². The number of anilines is 1. The number of rotatable bonds is 7. The molecule has 0 bridgehead atoms. The zero-order valence-electron chi connectivity index (χ0n) is 18.8. The lowest BCUT2D eigenvalue weighted by Gasteiger charge is -2.31. The van der Waals surface area contributed by atoms with Crippen LogP contribution in [0.5, 0.6) is 0 Å². The van der Waals surface area contributed by atoms with E-state index in [-0.39, 0.29) is 42.4 Å². The molecule has 1 unspecified atom stereocenters. The topological polar surface area (TPSA) is 138 Å². The van der Waals surface area contributed by atoms with Gasteiger partial charge in [-0.15, -0.1) is 0 Å². The number of hydrogen-bond acceptors (Lipinski definition) is 6. The first-order chi connectivity index (χ1) is 15.2. The van der Waals surface area contributed by atoms with Gasteiger partial charge >= 0.3 is 0 Å². The number of carbonyl (C=O) groups is 1. The van der Waals surface area contributed by atoms with Crippen molar-refractivity contribution in [3.8, 4) is 0 Å². The zero-order chi connectivity index (χ0) is 23.3. The van der Waals surface area contributed by atoms with Gasteiger partial charge in [0.1, 0.15) is 6.54 Å². The molecule has 2 heterocycles. The molecule has 10 heteroatoms. The lowest BCUT2D eigenvalue weighted by Crippen LogP contribution is -2.50. The predicted octanol–water partition coefficient (Wildman–Crippen LogP) is 0.839. The molecule has 0 spiro atoms. The quantitative estimate of drug-likeness (QED) is 0.369. The van der Waals surface area contributed by atoms with Crippen LogP contribution in [-0.4, -0.2) is 52.2 Å². The van der Waals surface area contributed by atoms with E-state index in [9.17, 15) is 9.59 Å². The van der Waals surface area contributed by atoms with Crippen LogP contribution in [0.3, 0.4) is 0 Å². The highest BCUT2D eigenvalue weighted by molar-refractivity contribution is 5.76. The summed E-state index contributed by atoms with van der Waals surface area (Å²) in [4.78, 5) is 34.9. The summed E-state index contributed by atoms with van der Waals surface area (Å²) in [6, 6.07) is 6.12. The molecule has 1 atom stereocenters. The molecule has 1 aliphatic heterocycles. The normalized spacial score (nSPS) is 16.0. The molecule has 1 aromatic carbocycles. The summed E-state index contributed by atoms with van der Waals surface area (Å²) in [6.07, 6.45) is 2.94. The number of aromatic nitrogens is 2. The van der Waals surface area contributed by atoms with E-state index in [0.717, 1.165) is 6.42 Å². The Morgan fingerprint density at radius 1 is 1.31 bits per heavy atom. The van der Waals surface area contributed by atoms with Gasteiger partial charge in [0, 0.05) is 18.4 Å². The highest BCUT2D eigenvalue weighted by Gasteiger charge is 2.23. The van der Waals surface area contributed by atoms with Gasteiger partial charge in [-0.2, -0.15) is 0 Å². The maximum atomic E-state index is 12.9. The number of guanidine groups is 1. The summed E-state index contributed by atoms with van der Waals surface area (Å²) < 4.78 is 1.41. The van der Waals surface area contributed by atoms with Crippen LogP contribution in [0.25, 0.3) is 0 Å². The van der Waals surface area contributed by atoms with Crippen molar-refractivity contribution in [1.29, 1.82) is 5.41 Å². The number of aryl methyl sites for hydroxylation is 3. The fourth-order valence-corrected chi connectivity index (χ4v) is 3.49. The van der Waals surface area contributed by atoms with E-state index in [4.69, 9.17) is 16.0 Å². The monoisotopic (exact) mass is 441 g/mol. The van der Waals surface area contributed by atoms with Gasteiger partial charge in [0.25, 0.3) is 5.56 Å². The molecule has 0 radical (unpaired) electrons. The number of nitrogens with two attached hydrogens (primary N) is 1. The molecule has 172 valence electrons. The first-order valence-electron chi connectivity index (χ1n) is 10.6. The van der Waals surface area contributed by atoms with E-state index >= 15 is 0 Å². The second kappa shape index (κ2) is 10.3. The molecular weight excluding hydrogens is 410 g/mol. The second-order valence-corrected chi connectivity index (χ2v) is 8.07. The first-order valence-corrected chi connectivity index (χ1v) is 10.6. The fraction of sp³-hybridized carbons (Fsp3) is 0.455. The number of carbonyl (C=O) groups excluding carboxylic acids is 1. The fourth-order valence-electron chi connectivity index (χ4n) is 3.49. The van der Waals surface area contributed by atoms with Crippen molar-refractivity contribution in [3.05, 3.63) is 57.1 Å². The molecule has 32 heavy (non-hydrogen) atoms. The summed E-state index contributed by atoms with van der Waals surface area (Å²) in [6.45, 7) is 7.00. The molecule has 0 aliphatic carbocycles. The van der Waals surface area contributed by atoms with Crippen LogP contribution in [-0.2, 0) is 22.6 Å². The van der Waals surface area contributed by atoms with Crippen LogP contribution in [0.2, 0.25) is 0 Å². The molecule has 10 nitrogen and oxygen atoms in total. The molecular formula is C22H31N7O3. The van der Waals surface area contributed by atoms with Crippen molar-refractivity contribution in [2.45, 2.75) is 46.2 Å². The number of nitrogens with zero attached hydrogens (tertiary/aromatic N) is 3. The van der Waals surface area contributed by atoms with Crippen molar-refractivity contribution in [2.75, 3.05) is 25.0 Å². The highest BCUT2D eigenvalue weighted by Crippen LogP contribution is 2.11. The average Bonchev–Trinajstić information content (AvgIpc) is 2.75. The number of hydroxylamine groups is 2.